The molecule has 0 fully saturated rings. The summed E-state index contributed by atoms with van der Waals surface area (Å²) < 4.78 is 10.6. The van der Waals surface area contributed by atoms with Crippen LogP contribution in [0.1, 0.15) is 11.1 Å². The number of carbonyl (C=O) groups excluding carboxylic acids is 1. The van der Waals surface area contributed by atoms with E-state index in [1.165, 1.54) is 0 Å². The lowest BCUT2D eigenvalue weighted by molar-refractivity contribution is -0.120. The zero-order valence-corrected chi connectivity index (χ0v) is 12.2. The lowest BCUT2D eigenvalue weighted by atomic mass is 10.2. The van der Waals surface area contributed by atoms with Gasteiger partial charge in [0.2, 0.25) is 12.7 Å². The molecule has 2 aromatic carbocycles. The van der Waals surface area contributed by atoms with Gasteiger partial charge in [0.25, 0.3) is 0 Å². The van der Waals surface area contributed by atoms with E-state index in [9.17, 15) is 4.79 Å². The van der Waals surface area contributed by atoms with Gasteiger partial charge >= 0.3 is 0 Å². The van der Waals surface area contributed by atoms with Gasteiger partial charge in [-0.15, -0.1) is 0 Å². The van der Waals surface area contributed by atoms with Gasteiger partial charge in [-0.05, 0) is 23.3 Å². The van der Waals surface area contributed by atoms with E-state index in [4.69, 9.17) is 9.47 Å². The Hall–Kier alpha value is -2.53. The van der Waals surface area contributed by atoms with Gasteiger partial charge in [0.05, 0.1) is 6.54 Å². The molecule has 1 aliphatic heterocycles. The Morgan fingerprint density at radius 3 is 2.64 bits per heavy atom. The van der Waals surface area contributed by atoms with Crippen LogP contribution in [0.25, 0.3) is 0 Å². The van der Waals surface area contributed by atoms with Crippen molar-refractivity contribution in [2.45, 2.75) is 13.1 Å². The Kier molecular flexibility index (Phi) is 4.56. The molecular formula is C17H18N2O3. The van der Waals surface area contributed by atoms with Gasteiger partial charge in [-0.3, -0.25) is 4.79 Å². The van der Waals surface area contributed by atoms with E-state index in [1.54, 1.807) is 0 Å². The molecule has 0 spiro atoms. The number of hydrogen-bond acceptors (Lipinski definition) is 4. The molecule has 0 saturated heterocycles. The second-order valence-electron chi connectivity index (χ2n) is 5.05. The summed E-state index contributed by atoms with van der Waals surface area (Å²) in [4.78, 5) is 11.8. The number of benzene rings is 2. The zero-order valence-electron chi connectivity index (χ0n) is 12.2. The highest BCUT2D eigenvalue weighted by Crippen LogP contribution is 2.32. The van der Waals surface area contributed by atoms with Gasteiger partial charge in [0, 0.05) is 13.1 Å². The SMILES string of the molecule is O=C(CNCc1ccccc1)NCc1ccc2c(c1)OCO2. The molecule has 2 N–H and O–H groups in total. The van der Waals surface area contributed by atoms with Crippen molar-refractivity contribution in [3.8, 4) is 11.5 Å². The van der Waals surface area contributed by atoms with Crippen LogP contribution in [0.2, 0.25) is 0 Å². The highest BCUT2D eigenvalue weighted by atomic mass is 16.7. The molecule has 0 aliphatic carbocycles. The maximum Gasteiger partial charge on any atom is 0.234 e. The van der Waals surface area contributed by atoms with E-state index < -0.39 is 0 Å². The Labute approximate surface area is 129 Å². The topological polar surface area (TPSA) is 59.6 Å². The predicted octanol–water partition coefficient (Wildman–Crippen LogP) is 1.82. The Balaban J connectivity index is 1.41. The van der Waals surface area contributed by atoms with Crippen LogP contribution in [0.15, 0.2) is 48.5 Å². The molecule has 114 valence electrons. The van der Waals surface area contributed by atoms with Gasteiger partial charge in [-0.25, -0.2) is 0 Å². The van der Waals surface area contributed by atoms with Gasteiger partial charge in [0.1, 0.15) is 0 Å². The summed E-state index contributed by atoms with van der Waals surface area (Å²) in [5, 5.41) is 6.00. The molecular weight excluding hydrogens is 280 g/mol. The molecule has 1 aliphatic rings. The summed E-state index contributed by atoms with van der Waals surface area (Å²) in [7, 11) is 0. The fraction of sp³-hybridized carbons (Fsp3) is 0.235. The van der Waals surface area contributed by atoms with Gasteiger partial charge in [0.15, 0.2) is 11.5 Å². The Morgan fingerprint density at radius 1 is 0.955 bits per heavy atom. The summed E-state index contributed by atoms with van der Waals surface area (Å²) >= 11 is 0. The zero-order chi connectivity index (χ0) is 15.2. The quantitative estimate of drug-likeness (QED) is 0.854. The van der Waals surface area contributed by atoms with Crippen molar-refractivity contribution in [1.29, 1.82) is 0 Å². The van der Waals surface area contributed by atoms with Crippen molar-refractivity contribution in [3.63, 3.8) is 0 Å². The number of fused-ring (bicyclic) bond motifs is 1. The number of carbonyl (C=O) groups is 1. The number of ether oxygens (including phenoxy) is 2. The van der Waals surface area contributed by atoms with Crippen molar-refractivity contribution >= 4 is 5.91 Å². The maximum absolute atomic E-state index is 11.8. The van der Waals surface area contributed by atoms with E-state index in [1.807, 2.05) is 48.5 Å². The normalized spacial score (nSPS) is 12.2. The molecule has 0 unspecified atom stereocenters. The monoisotopic (exact) mass is 298 g/mol. The first-order chi connectivity index (χ1) is 10.8. The van der Waals surface area contributed by atoms with Gasteiger partial charge in [-0.1, -0.05) is 36.4 Å². The number of hydrogen-bond donors (Lipinski definition) is 2. The van der Waals surface area contributed by atoms with Crippen LogP contribution in [0, 0.1) is 0 Å². The van der Waals surface area contributed by atoms with Crippen molar-refractivity contribution in [2.75, 3.05) is 13.3 Å². The van der Waals surface area contributed by atoms with E-state index in [2.05, 4.69) is 10.6 Å². The van der Waals surface area contributed by atoms with Crippen molar-refractivity contribution in [1.82, 2.24) is 10.6 Å². The smallest absolute Gasteiger partial charge is 0.234 e. The summed E-state index contributed by atoms with van der Waals surface area (Å²) in [5.74, 6) is 1.45. The van der Waals surface area contributed by atoms with Crippen molar-refractivity contribution in [2.24, 2.45) is 0 Å². The number of rotatable bonds is 6. The molecule has 5 heteroatoms. The summed E-state index contributed by atoms with van der Waals surface area (Å²) in [5.41, 5.74) is 2.15. The van der Waals surface area contributed by atoms with Crippen LogP contribution in [-0.4, -0.2) is 19.2 Å². The molecule has 3 rings (SSSR count). The fourth-order valence-electron chi connectivity index (χ4n) is 2.23. The second-order valence-corrected chi connectivity index (χ2v) is 5.05. The minimum absolute atomic E-state index is 0.0337. The molecule has 1 amide bonds. The van der Waals surface area contributed by atoms with Crippen LogP contribution >= 0.6 is 0 Å². The third-order valence-electron chi connectivity index (χ3n) is 3.38. The third kappa shape index (κ3) is 3.77. The van der Waals surface area contributed by atoms with Crippen LogP contribution < -0.4 is 20.1 Å². The first-order valence-corrected chi connectivity index (χ1v) is 7.21. The Morgan fingerprint density at radius 2 is 1.77 bits per heavy atom. The molecule has 2 aromatic rings. The fourth-order valence-corrected chi connectivity index (χ4v) is 2.23. The highest BCUT2D eigenvalue weighted by molar-refractivity contribution is 5.78. The second kappa shape index (κ2) is 6.95. The van der Waals surface area contributed by atoms with E-state index in [0.717, 1.165) is 22.6 Å². The largest absolute Gasteiger partial charge is 0.454 e. The lowest BCUT2D eigenvalue weighted by Crippen LogP contribution is -2.33. The number of nitrogens with one attached hydrogen (secondary N) is 2. The average molecular weight is 298 g/mol. The predicted molar refractivity (Wildman–Crippen MR) is 82.6 cm³/mol. The highest BCUT2D eigenvalue weighted by Gasteiger charge is 2.13. The van der Waals surface area contributed by atoms with Crippen LogP contribution in [0.4, 0.5) is 0 Å². The molecule has 0 radical (unpaired) electrons. The molecule has 0 bridgehead atoms. The lowest BCUT2D eigenvalue weighted by Gasteiger charge is -2.07. The van der Waals surface area contributed by atoms with E-state index >= 15 is 0 Å². The van der Waals surface area contributed by atoms with Gasteiger partial charge < -0.3 is 20.1 Å². The minimum atomic E-state index is -0.0337. The maximum atomic E-state index is 11.8. The summed E-state index contributed by atoms with van der Waals surface area (Å²) in [6.45, 7) is 1.70. The Bertz CT molecular complexity index is 644. The van der Waals surface area contributed by atoms with E-state index in [-0.39, 0.29) is 12.7 Å². The molecule has 0 atom stereocenters. The van der Waals surface area contributed by atoms with E-state index in [0.29, 0.717) is 19.6 Å². The molecule has 0 aromatic heterocycles. The third-order valence-corrected chi connectivity index (χ3v) is 3.38. The first kappa shape index (κ1) is 14.4. The van der Waals surface area contributed by atoms with Crippen molar-refractivity contribution in [3.05, 3.63) is 59.7 Å². The molecule has 1 heterocycles. The summed E-state index contributed by atoms with van der Waals surface area (Å²) in [6.07, 6.45) is 0. The minimum Gasteiger partial charge on any atom is -0.454 e. The van der Waals surface area contributed by atoms with Crippen molar-refractivity contribution < 1.29 is 14.3 Å². The van der Waals surface area contributed by atoms with Crippen LogP contribution in [0.3, 0.4) is 0 Å². The number of amides is 1. The molecule has 5 nitrogen and oxygen atoms in total. The molecule has 22 heavy (non-hydrogen) atoms. The van der Waals surface area contributed by atoms with Gasteiger partial charge in [-0.2, -0.15) is 0 Å². The average Bonchev–Trinajstić information content (AvgIpc) is 3.01. The summed E-state index contributed by atoms with van der Waals surface area (Å²) in [6, 6.07) is 15.7. The van der Waals surface area contributed by atoms with Crippen LogP contribution in [0.5, 0.6) is 11.5 Å². The first-order valence-electron chi connectivity index (χ1n) is 7.21. The molecule has 0 saturated carbocycles. The standard InChI is InChI=1S/C17H18N2O3/c20-17(11-18-9-13-4-2-1-3-5-13)19-10-14-6-7-15-16(8-14)22-12-21-15/h1-8,18H,9-12H2,(H,19,20). The van der Waals surface area contributed by atoms with Crippen LogP contribution in [-0.2, 0) is 17.9 Å².